The van der Waals surface area contributed by atoms with Crippen molar-refractivity contribution in [2.75, 3.05) is 31.9 Å². The number of aromatic nitrogens is 4. The molecule has 2 aromatic heterocycles. The number of hydrogen-bond acceptors (Lipinski definition) is 6. The number of rotatable bonds is 10. The molecule has 3 aromatic rings. The van der Waals surface area contributed by atoms with Gasteiger partial charge in [0.1, 0.15) is 0 Å². The van der Waals surface area contributed by atoms with Crippen LogP contribution in [0.4, 0.5) is 0 Å². The summed E-state index contributed by atoms with van der Waals surface area (Å²) in [7, 11) is 0. The van der Waals surface area contributed by atoms with Crippen LogP contribution in [0, 0.1) is 5.92 Å². The van der Waals surface area contributed by atoms with Gasteiger partial charge in [0.2, 0.25) is 11.7 Å². The molecule has 0 unspecified atom stereocenters. The van der Waals surface area contributed by atoms with Crippen LogP contribution in [-0.4, -0.2) is 61.9 Å². The molecule has 0 atom stereocenters. The van der Waals surface area contributed by atoms with E-state index in [1.165, 1.54) is 37.7 Å². The Bertz CT molecular complexity index is 1180. The molecule has 0 spiro atoms. The van der Waals surface area contributed by atoms with Gasteiger partial charge >= 0.3 is 0 Å². The molecule has 3 heterocycles. The first-order valence-electron chi connectivity index (χ1n) is 11.7. The lowest BCUT2D eigenvalue weighted by atomic mass is 9.99. The normalized spacial score (nSPS) is 15.3. The van der Waals surface area contributed by atoms with Gasteiger partial charge in [0.25, 0.3) is 5.56 Å². The van der Waals surface area contributed by atoms with Crippen LogP contribution < -0.4 is 10.9 Å². The Morgan fingerprint density at radius 3 is 2.82 bits per heavy atom. The molecule has 9 heteroatoms. The van der Waals surface area contributed by atoms with Gasteiger partial charge in [-0.25, -0.2) is 0 Å². The highest BCUT2D eigenvalue weighted by molar-refractivity contribution is 7.99. The third-order valence-electron chi connectivity index (χ3n) is 6.22. The molecule has 0 radical (unpaired) electrons. The Balaban J connectivity index is 1.33. The first-order valence-corrected chi connectivity index (χ1v) is 12.7. The number of carbonyl (C=O) groups excluding carboxylic acids is 1. The van der Waals surface area contributed by atoms with Gasteiger partial charge < -0.3 is 10.2 Å². The van der Waals surface area contributed by atoms with Crippen molar-refractivity contribution >= 4 is 34.3 Å². The predicted molar refractivity (Wildman–Crippen MR) is 133 cm³/mol. The zero-order valence-corrected chi connectivity index (χ0v) is 20.0. The number of amides is 1. The number of fused-ring (bicyclic) bond motifs is 3. The number of thioether (sulfide) groups is 1. The molecule has 0 bridgehead atoms. The van der Waals surface area contributed by atoms with Gasteiger partial charge in [-0.15, -0.1) is 16.8 Å². The Kier molecular flexibility index (Phi) is 7.82. The SMILES string of the molecule is C=CCn1c(=O)c2ccccc2n2c(SCC(=O)NCCCCN3CCC(C)CC3)nnc12. The van der Waals surface area contributed by atoms with E-state index in [0.29, 0.717) is 29.4 Å². The van der Waals surface area contributed by atoms with E-state index in [1.54, 1.807) is 16.7 Å². The molecule has 0 aliphatic carbocycles. The molecule has 1 amide bonds. The van der Waals surface area contributed by atoms with E-state index in [1.807, 2.05) is 22.6 Å². The monoisotopic (exact) mass is 468 g/mol. The summed E-state index contributed by atoms with van der Waals surface area (Å²) >= 11 is 1.33. The van der Waals surface area contributed by atoms with Crippen LogP contribution in [0.2, 0.25) is 0 Å². The molecule has 1 fully saturated rings. The standard InChI is InChI=1S/C24H32N6O2S/c1-3-13-29-22(32)19-8-4-5-9-20(19)30-23(29)26-27-24(30)33-17-21(31)25-12-6-7-14-28-15-10-18(2)11-16-28/h3-5,8-9,18H,1,6-7,10-17H2,2H3,(H,25,31). The van der Waals surface area contributed by atoms with Crippen molar-refractivity contribution in [2.45, 2.75) is 44.3 Å². The summed E-state index contributed by atoms with van der Waals surface area (Å²) in [6.45, 7) is 10.6. The maximum absolute atomic E-state index is 12.9. The van der Waals surface area contributed by atoms with E-state index in [0.717, 1.165) is 30.8 Å². The van der Waals surface area contributed by atoms with Crippen LogP contribution in [-0.2, 0) is 11.3 Å². The van der Waals surface area contributed by atoms with Gasteiger partial charge in [-0.1, -0.05) is 36.9 Å². The molecule has 33 heavy (non-hydrogen) atoms. The number of allylic oxidation sites excluding steroid dienone is 1. The highest BCUT2D eigenvalue weighted by atomic mass is 32.2. The summed E-state index contributed by atoms with van der Waals surface area (Å²) in [6.07, 6.45) is 6.34. The van der Waals surface area contributed by atoms with Crippen LogP contribution in [0.25, 0.3) is 16.7 Å². The van der Waals surface area contributed by atoms with Crippen molar-refractivity contribution in [1.82, 2.24) is 29.4 Å². The Labute approximate surface area is 198 Å². The second-order valence-corrected chi connectivity index (χ2v) is 9.65. The van der Waals surface area contributed by atoms with Crippen molar-refractivity contribution in [3.8, 4) is 0 Å². The zero-order chi connectivity index (χ0) is 23.2. The molecule has 176 valence electrons. The number of nitrogens with one attached hydrogen (secondary N) is 1. The summed E-state index contributed by atoms with van der Waals surface area (Å²) in [6, 6.07) is 7.38. The minimum absolute atomic E-state index is 0.0211. The van der Waals surface area contributed by atoms with Gasteiger partial charge in [0, 0.05) is 13.1 Å². The number of nitrogens with zero attached hydrogens (tertiary/aromatic N) is 5. The first-order chi connectivity index (χ1) is 16.1. The molecular formula is C24H32N6O2S. The fourth-order valence-corrected chi connectivity index (χ4v) is 5.05. The molecule has 1 aliphatic rings. The van der Waals surface area contributed by atoms with Crippen molar-refractivity contribution in [2.24, 2.45) is 5.92 Å². The van der Waals surface area contributed by atoms with Crippen LogP contribution in [0.5, 0.6) is 0 Å². The first kappa shape index (κ1) is 23.5. The summed E-state index contributed by atoms with van der Waals surface area (Å²) < 4.78 is 3.40. The average molecular weight is 469 g/mol. The molecule has 0 saturated carbocycles. The van der Waals surface area contributed by atoms with E-state index < -0.39 is 0 Å². The number of hydrogen-bond donors (Lipinski definition) is 1. The third-order valence-corrected chi connectivity index (χ3v) is 7.15. The largest absolute Gasteiger partial charge is 0.355 e. The third kappa shape index (κ3) is 5.47. The maximum atomic E-state index is 12.9. The molecule has 1 saturated heterocycles. The second-order valence-electron chi connectivity index (χ2n) is 8.71. The van der Waals surface area contributed by atoms with Gasteiger partial charge in [0.15, 0.2) is 5.16 Å². The number of likely N-dealkylation sites (tertiary alicyclic amines) is 1. The van der Waals surface area contributed by atoms with Gasteiger partial charge in [0.05, 0.1) is 16.7 Å². The Morgan fingerprint density at radius 1 is 1.24 bits per heavy atom. The topological polar surface area (TPSA) is 84.5 Å². The second kappa shape index (κ2) is 11.0. The minimum atomic E-state index is -0.126. The van der Waals surface area contributed by atoms with Crippen LogP contribution in [0.15, 0.2) is 46.9 Å². The molecule has 4 rings (SSSR count). The van der Waals surface area contributed by atoms with E-state index in [2.05, 4.69) is 33.9 Å². The molecule has 1 N–H and O–H groups in total. The number of unbranched alkanes of at least 4 members (excludes halogenated alkanes) is 1. The number of carbonyl (C=O) groups is 1. The van der Waals surface area contributed by atoms with Crippen LogP contribution >= 0.6 is 11.8 Å². The highest BCUT2D eigenvalue weighted by Crippen LogP contribution is 2.21. The highest BCUT2D eigenvalue weighted by Gasteiger charge is 2.17. The average Bonchev–Trinajstić information content (AvgIpc) is 3.25. The molecule has 1 aromatic carbocycles. The molecule has 8 nitrogen and oxygen atoms in total. The van der Waals surface area contributed by atoms with E-state index in [9.17, 15) is 9.59 Å². The number of piperidine rings is 1. The van der Waals surface area contributed by atoms with E-state index in [-0.39, 0.29) is 17.2 Å². The Hall–Kier alpha value is -2.65. The van der Waals surface area contributed by atoms with Crippen molar-refractivity contribution in [3.05, 3.63) is 47.3 Å². The lowest BCUT2D eigenvalue weighted by molar-refractivity contribution is -0.118. The fourth-order valence-electron chi connectivity index (χ4n) is 4.28. The van der Waals surface area contributed by atoms with Crippen molar-refractivity contribution < 1.29 is 4.79 Å². The summed E-state index contributed by atoms with van der Waals surface area (Å²) in [5.74, 6) is 1.54. The minimum Gasteiger partial charge on any atom is -0.355 e. The van der Waals surface area contributed by atoms with E-state index in [4.69, 9.17) is 0 Å². The van der Waals surface area contributed by atoms with Gasteiger partial charge in [-0.05, 0) is 63.4 Å². The number of benzene rings is 1. The van der Waals surface area contributed by atoms with Crippen molar-refractivity contribution in [3.63, 3.8) is 0 Å². The fraction of sp³-hybridized carbons (Fsp3) is 0.500. The lowest BCUT2D eigenvalue weighted by Crippen LogP contribution is -2.34. The molecule has 1 aliphatic heterocycles. The Morgan fingerprint density at radius 2 is 2.03 bits per heavy atom. The quantitative estimate of drug-likeness (QED) is 0.280. The van der Waals surface area contributed by atoms with Crippen molar-refractivity contribution in [1.29, 1.82) is 0 Å². The summed E-state index contributed by atoms with van der Waals surface area (Å²) in [5.41, 5.74) is 0.608. The van der Waals surface area contributed by atoms with Crippen LogP contribution in [0.3, 0.4) is 0 Å². The predicted octanol–water partition coefficient (Wildman–Crippen LogP) is 2.95. The van der Waals surface area contributed by atoms with Gasteiger partial charge in [-0.2, -0.15) is 0 Å². The molecular weight excluding hydrogens is 436 g/mol. The number of para-hydroxylation sites is 1. The van der Waals surface area contributed by atoms with E-state index >= 15 is 0 Å². The maximum Gasteiger partial charge on any atom is 0.263 e. The van der Waals surface area contributed by atoms with Crippen LogP contribution in [0.1, 0.15) is 32.6 Å². The summed E-state index contributed by atoms with van der Waals surface area (Å²) in [5, 5.41) is 12.7. The lowest BCUT2D eigenvalue weighted by Gasteiger charge is -2.30. The van der Waals surface area contributed by atoms with Gasteiger partial charge in [-0.3, -0.25) is 18.6 Å². The summed E-state index contributed by atoms with van der Waals surface area (Å²) in [4.78, 5) is 27.8. The zero-order valence-electron chi connectivity index (χ0n) is 19.2. The smallest absolute Gasteiger partial charge is 0.263 e.